The summed E-state index contributed by atoms with van der Waals surface area (Å²) in [6.07, 6.45) is 1.00. The summed E-state index contributed by atoms with van der Waals surface area (Å²) in [6.45, 7) is 1.46. The Bertz CT molecular complexity index is 299. The third-order valence-corrected chi connectivity index (χ3v) is 2.34. The minimum atomic E-state index is 0.680. The van der Waals surface area contributed by atoms with Gasteiger partial charge >= 0.3 is 0 Å². The second-order valence-corrected chi connectivity index (χ2v) is 3.67. The van der Waals surface area contributed by atoms with Gasteiger partial charge in [0.15, 0.2) is 11.5 Å². The van der Waals surface area contributed by atoms with Crippen molar-refractivity contribution in [3.8, 4) is 11.5 Å². The Morgan fingerprint density at radius 3 is 3.23 bits per heavy atom. The summed E-state index contributed by atoms with van der Waals surface area (Å²) in [6, 6.07) is 6.05. The van der Waals surface area contributed by atoms with Crippen LogP contribution in [0.1, 0.15) is 5.56 Å². The van der Waals surface area contributed by atoms with Gasteiger partial charge in [-0.15, -0.1) is 0 Å². The van der Waals surface area contributed by atoms with Crippen molar-refractivity contribution in [1.29, 1.82) is 0 Å². The predicted octanol–water partition coefficient (Wildman–Crippen LogP) is 2.40. The summed E-state index contributed by atoms with van der Waals surface area (Å²) in [5.74, 6) is 1.80. The Balaban J connectivity index is 2.20. The van der Waals surface area contributed by atoms with E-state index < -0.39 is 0 Å². The van der Waals surface area contributed by atoms with Gasteiger partial charge in [-0.05, 0) is 6.07 Å². The van der Waals surface area contributed by atoms with Crippen LogP contribution in [0.4, 0.5) is 0 Å². The van der Waals surface area contributed by atoms with E-state index in [1.54, 1.807) is 0 Å². The number of fused-ring (bicyclic) bond motifs is 1. The molecular weight excluding hydrogens is 232 g/mol. The van der Waals surface area contributed by atoms with E-state index in [2.05, 4.69) is 22.0 Å². The van der Waals surface area contributed by atoms with Crippen molar-refractivity contribution in [3.05, 3.63) is 23.8 Å². The monoisotopic (exact) mass is 242 g/mol. The van der Waals surface area contributed by atoms with Gasteiger partial charge in [-0.3, -0.25) is 0 Å². The molecule has 0 N–H and O–H groups in total. The highest BCUT2D eigenvalue weighted by Gasteiger charge is 2.16. The van der Waals surface area contributed by atoms with Gasteiger partial charge in [-0.1, -0.05) is 28.1 Å². The molecular formula is C10H11BrO2. The van der Waals surface area contributed by atoms with E-state index in [9.17, 15) is 0 Å². The molecule has 1 heterocycles. The molecule has 2 nitrogen and oxygen atoms in total. The smallest absolute Gasteiger partial charge is 0.164 e. The minimum Gasteiger partial charge on any atom is -0.489 e. The normalized spacial score (nSPS) is 13.6. The lowest BCUT2D eigenvalue weighted by Gasteiger charge is -2.08. The van der Waals surface area contributed by atoms with E-state index in [1.807, 2.05) is 12.1 Å². The average Bonchev–Trinajstić information content (AvgIpc) is 2.62. The van der Waals surface area contributed by atoms with Crippen molar-refractivity contribution < 1.29 is 9.47 Å². The van der Waals surface area contributed by atoms with Gasteiger partial charge in [0.2, 0.25) is 0 Å². The highest BCUT2D eigenvalue weighted by atomic mass is 79.9. The minimum absolute atomic E-state index is 0.680. The van der Waals surface area contributed by atoms with Crippen LogP contribution in [0.2, 0.25) is 0 Å². The van der Waals surface area contributed by atoms with Gasteiger partial charge < -0.3 is 9.47 Å². The largest absolute Gasteiger partial charge is 0.489 e. The number of halogens is 1. The third-order valence-electron chi connectivity index (χ3n) is 2.01. The summed E-state index contributed by atoms with van der Waals surface area (Å²) >= 11 is 3.32. The van der Waals surface area contributed by atoms with Gasteiger partial charge in [-0.2, -0.15) is 0 Å². The van der Waals surface area contributed by atoms with Crippen LogP contribution in [0, 0.1) is 0 Å². The number of ether oxygens (including phenoxy) is 2. The zero-order chi connectivity index (χ0) is 9.10. The second-order valence-electron chi connectivity index (χ2n) is 2.88. The summed E-state index contributed by atoms with van der Waals surface area (Å²) in [5, 5.41) is 0.844. The van der Waals surface area contributed by atoms with E-state index in [0.29, 0.717) is 6.61 Å². The van der Waals surface area contributed by atoms with E-state index in [0.717, 1.165) is 29.9 Å². The fourth-order valence-electron chi connectivity index (χ4n) is 1.45. The molecule has 0 amide bonds. The highest BCUT2D eigenvalue weighted by molar-refractivity contribution is 9.09. The molecule has 0 saturated carbocycles. The SMILES string of the molecule is BrCCOc1cccc2c1OCC2. The third kappa shape index (κ3) is 1.80. The number of para-hydroxylation sites is 1. The quantitative estimate of drug-likeness (QED) is 0.759. The van der Waals surface area contributed by atoms with Crippen molar-refractivity contribution in [2.45, 2.75) is 6.42 Å². The number of benzene rings is 1. The molecule has 0 radical (unpaired) electrons. The maximum absolute atomic E-state index is 5.53. The fourth-order valence-corrected chi connectivity index (χ4v) is 1.61. The van der Waals surface area contributed by atoms with Gasteiger partial charge in [0.1, 0.15) is 0 Å². The van der Waals surface area contributed by atoms with Gasteiger partial charge in [0, 0.05) is 17.3 Å². The number of alkyl halides is 1. The average molecular weight is 243 g/mol. The van der Waals surface area contributed by atoms with E-state index in [1.165, 1.54) is 5.56 Å². The molecule has 1 aliphatic rings. The number of hydrogen-bond acceptors (Lipinski definition) is 2. The zero-order valence-corrected chi connectivity index (χ0v) is 8.84. The van der Waals surface area contributed by atoms with Crippen LogP contribution in [-0.2, 0) is 6.42 Å². The molecule has 0 fully saturated rings. The maximum Gasteiger partial charge on any atom is 0.164 e. The molecule has 0 aromatic heterocycles. The van der Waals surface area contributed by atoms with E-state index in [4.69, 9.17) is 9.47 Å². The zero-order valence-electron chi connectivity index (χ0n) is 7.25. The molecule has 0 saturated heterocycles. The van der Waals surface area contributed by atoms with Crippen LogP contribution in [0.15, 0.2) is 18.2 Å². The number of hydrogen-bond donors (Lipinski definition) is 0. The standard InChI is InChI=1S/C10H11BrO2/c11-5-7-12-9-3-1-2-8-4-6-13-10(8)9/h1-3H,4-7H2. The fraction of sp³-hybridized carbons (Fsp3) is 0.400. The van der Waals surface area contributed by atoms with E-state index >= 15 is 0 Å². The van der Waals surface area contributed by atoms with Gasteiger partial charge in [0.05, 0.1) is 13.2 Å². The Morgan fingerprint density at radius 1 is 1.46 bits per heavy atom. The summed E-state index contributed by atoms with van der Waals surface area (Å²) in [7, 11) is 0. The molecule has 0 aliphatic carbocycles. The molecule has 0 spiro atoms. The first-order chi connectivity index (χ1) is 6.42. The predicted molar refractivity (Wildman–Crippen MR) is 54.9 cm³/mol. The molecule has 1 aliphatic heterocycles. The molecule has 0 atom stereocenters. The van der Waals surface area contributed by atoms with Gasteiger partial charge in [0.25, 0.3) is 0 Å². The Hall–Kier alpha value is -0.700. The first-order valence-electron chi connectivity index (χ1n) is 4.35. The van der Waals surface area contributed by atoms with Crippen molar-refractivity contribution in [1.82, 2.24) is 0 Å². The van der Waals surface area contributed by atoms with Gasteiger partial charge in [-0.25, -0.2) is 0 Å². The summed E-state index contributed by atoms with van der Waals surface area (Å²) < 4.78 is 11.0. The molecule has 3 heteroatoms. The maximum atomic E-state index is 5.53. The Labute approximate surface area is 86.0 Å². The molecule has 70 valence electrons. The molecule has 0 unspecified atom stereocenters. The van der Waals surface area contributed by atoms with Crippen LogP contribution < -0.4 is 9.47 Å². The highest BCUT2D eigenvalue weighted by Crippen LogP contribution is 2.35. The lowest BCUT2D eigenvalue weighted by molar-refractivity contribution is 0.301. The van der Waals surface area contributed by atoms with Crippen LogP contribution >= 0.6 is 15.9 Å². The Morgan fingerprint density at radius 2 is 2.38 bits per heavy atom. The molecule has 1 aromatic rings. The van der Waals surface area contributed by atoms with Crippen molar-refractivity contribution in [2.24, 2.45) is 0 Å². The van der Waals surface area contributed by atoms with Crippen molar-refractivity contribution in [2.75, 3.05) is 18.5 Å². The molecule has 1 aromatic carbocycles. The summed E-state index contributed by atoms with van der Waals surface area (Å²) in [5.41, 5.74) is 1.26. The number of rotatable bonds is 3. The first kappa shape index (κ1) is 8.88. The Kier molecular flexibility index (Phi) is 2.74. The lowest BCUT2D eigenvalue weighted by Crippen LogP contribution is -1.99. The van der Waals surface area contributed by atoms with Crippen molar-refractivity contribution >= 4 is 15.9 Å². The second kappa shape index (κ2) is 4.01. The first-order valence-corrected chi connectivity index (χ1v) is 5.47. The van der Waals surface area contributed by atoms with Crippen LogP contribution in [0.25, 0.3) is 0 Å². The van der Waals surface area contributed by atoms with Crippen LogP contribution in [0.3, 0.4) is 0 Å². The summed E-state index contributed by atoms with van der Waals surface area (Å²) in [4.78, 5) is 0. The molecule has 0 bridgehead atoms. The molecule has 2 rings (SSSR count). The lowest BCUT2D eigenvalue weighted by atomic mass is 10.1. The van der Waals surface area contributed by atoms with Crippen LogP contribution in [0.5, 0.6) is 11.5 Å². The van der Waals surface area contributed by atoms with Crippen molar-refractivity contribution in [3.63, 3.8) is 0 Å². The van der Waals surface area contributed by atoms with Crippen LogP contribution in [-0.4, -0.2) is 18.5 Å². The molecule has 13 heavy (non-hydrogen) atoms. The van der Waals surface area contributed by atoms with E-state index in [-0.39, 0.29) is 0 Å². The topological polar surface area (TPSA) is 18.5 Å².